The lowest BCUT2D eigenvalue weighted by atomic mass is 9.89. The molecule has 10 heteroatoms. The lowest BCUT2D eigenvalue weighted by Crippen LogP contribution is -2.54. The third kappa shape index (κ3) is 5.78. The largest absolute Gasteiger partial charge is 0.497 e. The molecule has 0 unspecified atom stereocenters. The first-order valence-electron chi connectivity index (χ1n) is 12.7. The van der Waals surface area contributed by atoms with Crippen molar-refractivity contribution in [1.29, 1.82) is 0 Å². The molecule has 5 rings (SSSR count). The number of carbonyl (C=O) groups excluding carboxylic acids is 1. The van der Waals surface area contributed by atoms with Gasteiger partial charge in [-0.3, -0.25) is 4.79 Å². The molecule has 0 spiro atoms. The summed E-state index contributed by atoms with van der Waals surface area (Å²) in [5.41, 5.74) is 8.35. The molecule has 3 aromatic carbocycles. The predicted octanol–water partition coefficient (Wildman–Crippen LogP) is 6.14. The molecule has 0 bridgehead atoms. The van der Waals surface area contributed by atoms with E-state index >= 15 is 0 Å². The summed E-state index contributed by atoms with van der Waals surface area (Å²) in [7, 11) is 1.61. The van der Waals surface area contributed by atoms with Crippen LogP contribution in [-0.2, 0) is 17.8 Å². The van der Waals surface area contributed by atoms with Gasteiger partial charge < -0.3 is 25.0 Å². The molecule has 0 saturated carbocycles. The Kier molecular flexibility index (Phi) is 7.89. The molecule has 206 valence electrons. The van der Waals surface area contributed by atoms with Crippen LogP contribution in [0, 0.1) is 11.6 Å². The van der Waals surface area contributed by atoms with Gasteiger partial charge in [-0.15, -0.1) is 0 Å². The second-order valence-corrected chi connectivity index (χ2v) is 10.9. The van der Waals surface area contributed by atoms with E-state index in [1.54, 1.807) is 29.0 Å². The number of rotatable bonds is 7. The van der Waals surface area contributed by atoms with Crippen molar-refractivity contribution >= 4 is 40.5 Å². The number of halogens is 4. The number of hydrogen-bond donors (Lipinski definition) is 1. The quantitative estimate of drug-likeness (QED) is 0.366. The number of carbonyl (C=O) groups is 1. The van der Waals surface area contributed by atoms with Crippen molar-refractivity contribution < 1.29 is 23.0 Å². The maximum atomic E-state index is 14.4. The van der Waals surface area contributed by atoms with E-state index in [1.165, 1.54) is 0 Å². The first-order valence-corrected chi connectivity index (χ1v) is 13.5. The van der Waals surface area contributed by atoms with Gasteiger partial charge in [-0.05, 0) is 61.2 Å². The van der Waals surface area contributed by atoms with Gasteiger partial charge in [0.15, 0.2) is 11.6 Å². The van der Waals surface area contributed by atoms with Crippen LogP contribution in [-0.4, -0.2) is 38.3 Å². The lowest BCUT2D eigenvalue weighted by molar-refractivity contribution is -0.119. The van der Waals surface area contributed by atoms with Gasteiger partial charge in [0.05, 0.1) is 29.9 Å². The molecule has 2 aliphatic heterocycles. The van der Waals surface area contributed by atoms with Crippen molar-refractivity contribution in [3.63, 3.8) is 0 Å². The number of ether oxygens (including phenoxy) is 2. The molecule has 6 nitrogen and oxygen atoms in total. The fourth-order valence-corrected chi connectivity index (χ4v) is 5.68. The molecule has 0 aliphatic carbocycles. The van der Waals surface area contributed by atoms with Gasteiger partial charge in [0, 0.05) is 30.1 Å². The molecular weight excluding hydrogens is 547 g/mol. The van der Waals surface area contributed by atoms with Crippen LogP contribution in [0.25, 0.3) is 0 Å². The van der Waals surface area contributed by atoms with Gasteiger partial charge in [0.2, 0.25) is 5.91 Å². The van der Waals surface area contributed by atoms with Gasteiger partial charge in [-0.25, -0.2) is 8.78 Å². The zero-order valence-electron chi connectivity index (χ0n) is 21.5. The van der Waals surface area contributed by atoms with Crippen LogP contribution in [0.15, 0.2) is 48.5 Å². The average molecular weight is 576 g/mol. The Bertz CT molecular complexity index is 1360. The van der Waals surface area contributed by atoms with E-state index in [9.17, 15) is 13.6 Å². The molecule has 1 amide bonds. The summed E-state index contributed by atoms with van der Waals surface area (Å²) in [6, 6.07) is 13.3. The Labute approximate surface area is 236 Å². The van der Waals surface area contributed by atoms with E-state index in [2.05, 4.69) is 0 Å². The summed E-state index contributed by atoms with van der Waals surface area (Å²) in [4.78, 5) is 16.3. The van der Waals surface area contributed by atoms with Gasteiger partial charge in [-0.1, -0.05) is 35.3 Å². The molecule has 1 saturated heterocycles. The highest BCUT2D eigenvalue weighted by atomic mass is 35.5. The summed E-state index contributed by atoms with van der Waals surface area (Å²) in [6.45, 7) is 1.33. The number of benzene rings is 3. The summed E-state index contributed by atoms with van der Waals surface area (Å²) in [6.07, 6.45) is 1.79. The van der Waals surface area contributed by atoms with E-state index in [-0.39, 0.29) is 23.2 Å². The third-order valence-corrected chi connectivity index (χ3v) is 7.95. The van der Waals surface area contributed by atoms with Crippen molar-refractivity contribution in [2.45, 2.75) is 37.8 Å². The van der Waals surface area contributed by atoms with E-state index in [0.717, 1.165) is 29.0 Å². The highest BCUT2D eigenvalue weighted by molar-refractivity contribution is 6.34. The molecule has 0 atom stereocenters. The van der Waals surface area contributed by atoms with Crippen molar-refractivity contribution in [3.8, 4) is 11.5 Å². The Hall–Kier alpha value is -3.07. The molecule has 2 aliphatic rings. The highest BCUT2D eigenvalue weighted by Gasteiger charge is 2.35. The first-order chi connectivity index (χ1) is 18.7. The number of fused-ring (bicyclic) bond motifs is 1. The van der Waals surface area contributed by atoms with E-state index in [1.807, 2.05) is 24.3 Å². The van der Waals surface area contributed by atoms with E-state index in [0.29, 0.717) is 61.8 Å². The summed E-state index contributed by atoms with van der Waals surface area (Å²) >= 11 is 12.4. The lowest BCUT2D eigenvalue weighted by Gasteiger charge is -2.40. The number of anilines is 2. The molecule has 0 aromatic heterocycles. The predicted molar refractivity (Wildman–Crippen MR) is 149 cm³/mol. The zero-order chi connectivity index (χ0) is 27.7. The van der Waals surface area contributed by atoms with Gasteiger partial charge in [0.25, 0.3) is 0 Å². The number of amides is 1. The minimum atomic E-state index is -0.692. The van der Waals surface area contributed by atoms with Gasteiger partial charge in [0.1, 0.15) is 23.8 Å². The van der Waals surface area contributed by atoms with Crippen LogP contribution in [0.3, 0.4) is 0 Å². The Balaban J connectivity index is 1.30. The summed E-state index contributed by atoms with van der Waals surface area (Å²) < 4.78 is 40.3. The van der Waals surface area contributed by atoms with Crippen LogP contribution in [0.1, 0.15) is 30.4 Å². The van der Waals surface area contributed by atoms with Crippen LogP contribution < -0.4 is 25.0 Å². The van der Waals surface area contributed by atoms with Crippen LogP contribution >= 0.6 is 23.2 Å². The molecular formula is C29H29Cl2F2N3O3. The van der Waals surface area contributed by atoms with E-state index < -0.39 is 17.2 Å². The van der Waals surface area contributed by atoms with Crippen LogP contribution in [0.4, 0.5) is 20.2 Å². The van der Waals surface area contributed by atoms with Crippen molar-refractivity contribution in [3.05, 3.63) is 81.3 Å². The molecule has 0 radical (unpaired) electrons. The molecule has 3 aromatic rings. The molecule has 2 heterocycles. The molecule has 39 heavy (non-hydrogen) atoms. The van der Waals surface area contributed by atoms with Crippen LogP contribution in [0.2, 0.25) is 10.0 Å². The Morgan fingerprint density at radius 1 is 0.974 bits per heavy atom. The maximum absolute atomic E-state index is 14.4. The smallest absolute Gasteiger partial charge is 0.227 e. The number of hydrogen-bond acceptors (Lipinski definition) is 5. The first kappa shape index (κ1) is 27.5. The normalized spacial score (nSPS) is 16.7. The fourth-order valence-electron chi connectivity index (χ4n) is 5.21. The van der Waals surface area contributed by atoms with Crippen molar-refractivity contribution in [1.82, 2.24) is 0 Å². The van der Waals surface area contributed by atoms with Crippen molar-refractivity contribution in [2.75, 3.05) is 36.6 Å². The van der Waals surface area contributed by atoms with E-state index in [4.69, 9.17) is 38.4 Å². The van der Waals surface area contributed by atoms with Crippen molar-refractivity contribution in [2.24, 2.45) is 5.73 Å². The maximum Gasteiger partial charge on any atom is 0.227 e. The minimum absolute atomic E-state index is 0.0123. The Morgan fingerprint density at radius 3 is 2.28 bits per heavy atom. The minimum Gasteiger partial charge on any atom is -0.497 e. The van der Waals surface area contributed by atoms with Crippen LogP contribution in [0.5, 0.6) is 11.5 Å². The number of methoxy groups -OCH3 is 1. The highest BCUT2D eigenvalue weighted by Crippen LogP contribution is 2.41. The number of nitrogens with two attached hydrogens (primary N) is 1. The second-order valence-electron chi connectivity index (χ2n) is 10.1. The standard InChI is InChI=1S/C29H29Cl2F2N3O3/c1-38-20-4-2-18(3-5-20)16-36-26(37)9-6-21-25(8-7-22(31)27(21)36)39-17-29(34)10-12-35(13-11-29)28-23(32)14-19(30)15-24(28)33/h2-5,7-8,14-15H,6,9-13,16-17,34H2,1H3. The van der Waals surface area contributed by atoms with Gasteiger partial charge in [-0.2, -0.15) is 0 Å². The average Bonchev–Trinajstić information content (AvgIpc) is 2.91. The molecule has 1 fully saturated rings. The summed E-state index contributed by atoms with van der Waals surface area (Å²) in [5.74, 6) is -0.0298. The summed E-state index contributed by atoms with van der Waals surface area (Å²) in [5, 5.41) is 0.490. The third-order valence-electron chi connectivity index (χ3n) is 7.42. The Morgan fingerprint density at radius 2 is 1.64 bits per heavy atom. The topological polar surface area (TPSA) is 68.0 Å². The number of piperidine rings is 1. The number of nitrogens with zero attached hydrogens (tertiary/aromatic N) is 2. The zero-order valence-corrected chi connectivity index (χ0v) is 23.0. The van der Waals surface area contributed by atoms with Gasteiger partial charge >= 0.3 is 0 Å². The monoisotopic (exact) mass is 575 g/mol. The second kappa shape index (κ2) is 11.2. The molecule has 2 N–H and O–H groups in total. The fraction of sp³-hybridized carbons (Fsp3) is 0.345. The SMILES string of the molecule is COc1ccc(CN2C(=O)CCc3c(OCC4(N)CCN(c5c(F)cc(Cl)cc5F)CC4)ccc(Cl)c32)cc1.